The Morgan fingerprint density at radius 1 is 1.11 bits per heavy atom. The Balaban J connectivity index is 1.86. The van der Waals surface area contributed by atoms with Crippen LogP contribution in [0.2, 0.25) is 0 Å². The highest BCUT2D eigenvalue weighted by atomic mass is 16.5. The molecule has 1 unspecified atom stereocenters. The van der Waals surface area contributed by atoms with E-state index in [0.29, 0.717) is 6.04 Å². The van der Waals surface area contributed by atoms with Crippen LogP contribution in [0.5, 0.6) is 5.75 Å². The third-order valence-corrected chi connectivity index (χ3v) is 3.78. The van der Waals surface area contributed by atoms with Crippen LogP contribution in [-0.2, 0) is 6.42 Å². The van der Waals surface area contributed by atoms with Crippen LogP contribution in [0.25, 0.3) is 0 Å². The van der Waals surface area contributed by atoms with Gasteiger partial charge in [-0.3, -0.25) is 0 Å². The van der Waals surface area contributed by atoms with Crippen molar-refractivity contribution < 1.29 is 4.74 Å². The summed E-state index contributed by atoms with van der Waals surface area (Å²) in [4.78, 5) is 0. The fourth-order valence-electron chi connectivity index (χ4n) is 2.80. The predicted octanol–water partition coefficient (Wildman–Crippen LogP) is 4.18. The minimum absolute atomic E-state index is 0.414. The Bertz CT molecular complexity index is 550. The van der Waals surface area contributed by atoms with Crippen molar-refractivity contribution in [2.24, 2.45) is 0 Å². The maximum atomic E-state index is 5.31. The van der Waals surface area contributed by atoms with Crippen molar-refractivity contribution in [1.29, 1.82) is 0 Å². The zero-order valence-corrected chi connectivity index (χ0v) is 11.2. The van der Waals surface area contributed by atoms with Crippen LogP contribution in [0.15, 0.2) is 48.5 Å². The minimum atomic E-state index is 0.414. The van der Waals surface area contributed by atoms with Gasteiger partial charge in [0.05, 0.1) is 13.2 Å². The van der Waals surface area contributed by atoms with E-state index in [0.717, 1.165) is 12.2 Å². The molecule has 2 heteroatoms. The summed E-state index contributed by atoms with van der Waals surface area (Å²) in [5.41, 5.74) is 4.02. The monoisotopic (exact) mass is 253 g/mol. The van der Waals surface area contributed by atoms with Crippen molar-refractivity contribution in [1.82, 2.24) is 0 Å². The highest BCUT2D eigenvalue weighted by Gasteiger charge is 2.20. The third kappa shape index (κ3) is 2.58. The van der Waals surface area contributed by atoms with Gasteiger partial charge in [-0.15, -0.1) is 0 Å². The SMILES string of the molecule is COc1ccc2c(c1)CCCC2Nc1ccccc1. The lowest BCUT2D eigenvalue weighted by molar-refractivity contribution is 0.413. The second-order valence-corrected chi connectivity index (χ2v) is 5.02. The lowest BCUT2D eigenvalue weighted by Crippen LogP contribution is -2.17. The number of aryl methyl sites for hydroxylation is 1. The second-order valence-electron chi connectivity index (χ2n) is 5.02. The number of nitrogens with one attached hydrogen (secondary N) is 1. The van der Waals surface area contributed by atoms with E-state index in [2.05, 4.69) is 47.8 Å². The van der Waals surface area contributed by atoms with E-state index in [-0.39, 0.29) is 0 Å². The number of benzene rings is 2. The third-order valence-electron chi connectivity index (χ3n) is 3.78. The molecule has 1 N–H and O–H groups in total. The van der Waals surface area contributed by atoms with E-state index in [4.69, 9.17) is 4.74 Å². The molecule has 0 fully saturated rings. The Hall–Kier alpha value is -1.96. The molecule has 0 saturated heterocycles. The Morgan fingerprint density at radius 3 is 2.74 bits per heavy atom. The molecule has 0 spiro atoms. The van der Waals surface area contributed by atoms with Crippen LogP contribution in [0, 0.1) is 0 Å². The molecular weight excluding hydrogens is 234 g/mol. The van der Waals surface area contributed by atoms with Gasteiger partial charge in [-0.2, -0.15) is 0 Å². The number of hydrogen-bond donors (Lipinski definition) is 1. The minimum Gasteiger partial charge on any atom is -0.497 e. The summed E-state index contributed by atoms with van der Waals surface area (Å²) in [7, 11) is 1.73. The molecule has 19 heavy (non-hydrogen) atoms. The summed E-state index contributed by atoms with van der Waals surface area (Å²) >= 11 is 0. The van der Waals surface area contributed by atoms with E-state index in [9.17, 15) is 0 Å². The molecule has 2 aromatic carbocycles. The van der Waals surface area contributed by atoms with Gasteiger partial charge in [0, 0.05) is 5.69 Å². The van der Waals surface area contributed by atoms with Gasteiger partial charge in [-0.1, -0.05) is 24.3 Å². The first-order valence-electron chi connectivity index (χ1n) is 6.85. The fourth-order valence-corrected chi connectivity index (χ4v) is 2.80. The average molecular weight is 253 g/mol. The van der Waals surface area contributed by atoms with Crippen molar-refractivity contribution in [3.63, 3.8) is 0 Å². The van der Waals surface area contributed by atoms with Crippen LogP contribution in [0.4, 0.5) is 5.69 Å². The number of anilines is 1. The maximum absolute atomic E-state index is 5.31. The second kappa shape index (κ2) is 5.35. The molecule has 2 nitrogen and oxygen atoms in total. The van der Waals surface area contributed by atoms with Crippen molar-refractivity contribution in [3.05, 3.63) is 59.7 Å². The van der Waals surface area contributed by atoms with Crippen LogP contribution < -0.4 is 10.1 Å². The molecular formula is C17H19NO. The fraction of sp³-hybridized carbons (Fsp3) is 0.294. The molecule has 0 aromatic heterocycles. The van der Waals surface area contributed by atoms with Crippen LogP contribution in [0.3, 0.4) is 0 Å². The molecule has 1 aliphatic carbocycles. The van der Waals surface area contributed by atoms with E-state index < -0.39 is 0 Å². The molecule has 1 aliphatic rings. The average Bonchev–Trinajstić information content (AvgIpc) is 2.48. The van der Waals surface area contributed by atoms with Gasteiger partial charge in [0.25, 0.3) is 0 Å². The molecule has 0 bridgehead atoms. The number of hydrogen-bond acceptors (Lipinski definition) is 2. The molecule has 0 amide bonds. The first-order valence-corrected chi connectivity index (χ1v) is 6.85. The van der Waals surface area contributed by atoms with Crippen molar-refractivity contribution >= 4 is 5.69 Å². The first-order chi connectivity index (χ1) is 9.36. The van der Waals surface area contributed by atoms with Gasteiger partial charge in [0.2, 0.25) is 0 Å². The lowest BCUT2D eigenvalue weighted by Gasteiger charge is -2.27. The number of fused-ring (bicyclic) bond motifs is 1. The molecule has 98 valence electrons. The number of ether oxygens (including phenoxy) is 1. The summed E-state index contributed by atoms with van der Waals surface area (Å²) < 4.78 is 5.31. The number of para-hydroxylation sites is 1. The van der Waals surface area contributed by atoms with Crippen LogP contribution in [-0.4, -0.2) is 7.11 Å². The van der Waals surface area contributed by atoms with Gasteiger partial charge < -0.3 is 10.1 Å². The van der Waals surface area contributed by atoms with E-state index >= 15 is 0 Å². The normalized spacial score (nSPS) is 17.6. The predicted molar refractivity (Wildman–Crippen MR) is 78.7 cm³/mol. The zero-order valence-electron chi connectivity index (χ0n) is 11.2. The summed E-state index contributed by atoms with van der Waals surface area (Å²) in [6.07, 6.45) is 3.57. The zero-order chi connectivity index (χ0) is 13.1. The maximum Gasteiger partial charge on any atom is 0.119 e. The van der Waals surface area contributed by atoms with E-state index in [1.54, 1.807) is 7.11 Å². The molecule has 3 rings (SSSR count). The molecule has 2 aromatic rings. The Kier molecular flexibility index (Phi) is 3.41. The highest BCUT2D eigenvalue weighted by molar-refractivity contribution is 5.48. The Labute approximate surface area is 114 Å². The molecule has 0 aliphatic heterocycles. The lowest BCUT2D eigenvalue weighted by atomic mass is 9.87. The van der Waals surface area contributed by atoms with E-state index in [1.807, 2.05) is 6.07 Å². The standard InChI is InChI=1S/C17H19NO/c1-19-15-10-11-16-13(12-15)6-5-9-17(16)18-14-7-3-2-4-8-14/h2-4,7-8,10-12,17-18H,5-6,9H2,1H3. The molecule has 0 radical (unpaired) electrons. The summed E-state index contributed by atoms with van der Waals surface area (Å²) in [6, 6.07) is 17.3. The molecule has 1 atom stereocenters. The first kappa shape index (κ1) is 12.1. The highest BCUT2D eigenvalue weighted by Crippen LogP contribution is 2.34. The summed E-state index contributed by atoms with van der Waals surface area (Å²) in [5.74, 6) is 0.958. The van der Waals surface area contributed by atoms with Crippen molar-refractivity contribution in [2.45, 2.75) is 25.3 Å². The van der Waals surface area contributed by atoms with E-state index in [1.165, 1.54) is 29.7 Å². The van der Waals surface area contributed by atoms with Crippen molar-refractivity contribution in [2.75, 3.05) is 12.4 Å². The van der Waals surface area contributed by atoms with Gasteiger partial charge >= 0.3 is 0 Å². The smallest absolute Gasteiger partial charge is 0.119 e. The Morgan fingerprint density at radius 2 is 1.95 bits per heavy atom. The van der Waals surface area contributed by atoms with Gasteiger partial charge in [-0.05, 0) is 54.7 Å². The van der Waals surface area contributed by atoms with Gasteiger partial charge in [0.15, 0.2) is 0 Å². The number of rotatable bonds is 3. The largest absolute Gasteiger partial charge is 0.497 e. The van der Waals surface area contributed by atoms with Gasteiger partial charge in [0.1, 0.15) is 5.75 Å². The number of methoxy groups -OCH3 is 1. The summed E-state index contributed by atoms with van der Waals surface area (Å²) in [5, 5.41) is 3.63. The summed E-state index contributed by atoms with van der Waals surface area (Å²) in [6.45, 7) is 0. The molecule has 0 saturated carbocycles. The van der Waals surface area contributed by atoms with Crippen LogP contribution in [0.1, 0.15) is 30.0 Å². The molecule has 0 heterocycles. The van der Waals surface area contributed by atoms with Crippen LogP contribution >= 0.6 is 0 Å². The topological polar surface area (TPSA) is 21.3 Å². The van der Waals surface area contributed by atoms with Gasteiger partial charge in [-0.25, -0.2) is 0 Å². The quantitative estimate of drug-likeness (QED) is 0.885. The van der Waals surface area contributed by atoms with Crippen molar-refractivity contribution in [3.8, 4) is 5.75 Å².